The molecule has 0 saturated carbocycles. The van der Waals surface area contributed by atoms with E-state index < -0.39 is 11.2 Å². The summed E-state index contributed by atoms with van der Waals surface area (Å²) in [5, 5.41) is 39.4. The Morgan fingerprint density at radius 3 is 2.58 bits per heavy atom. The van der Waals surface area contributed by atoms with Crippen LogP contribution < -0.4 is 19.4 Å². The maximum absolute atomic E-state index is 11.8. The topological polar surface area (TPSA) is 130 Å². The van der Waals surface area contributed by atoms with E-state index in [0.717, 1.165) is 0 Å². The second-order valence-electron chi connectivity index (χ2n) is 5.67. The number of phenols is 1. The van der Waals surface area contributed by atoms with Crippen LogP contribution in [0.3, 0.4) is 0 Å². The van der Waals surface area contributed by atoms with Crippen molar-refractivity contribution < 1.29 is 44.9 Å². The van der Waals surface area contributed by atoms with E-state index >= 15 is 0 Å². The molecule has 134 valence electrons. The van der Waals surface area contributed by atoms with Crippen LogP contribution >= 0.6 is 0 Å². The van der Waals surface area contributed by atoms with E-state index in [0.29, 0.717) is 16.2 Å². The molecule has 0 atom stereocenters. The van der Waals surface area contributed by atoms with E-state index in [4.69, 9.17) is 14.2 Å². The molecular weight excluding hydrogens is 346 g/mol. The van der Waals surface area contributed by atoms with Crippen LogP contribution in [0.15, 0.2) is 24.3 Å². The first-order chi connectivity index (χ1) is 12.4. The fourth-order valence-corrected chi connectivity index (χ4v) is 3.30. The number of phenolic OH excluding ortho intramolecular Hbond substituents is 1. The van der Waals surface area contributed by atoms with Gasteiger partial charge < -0.3 is 24.4 Å². The molecule has 0 amide bonds. The Bertz CT molecular complexity index is 1080. The van der Waals surface area contributed by atoms with Crippen molar-refractivity contribution in [1.82, 2.24) is 0 Å². The Labute approximate surface area is 145 Å². The molecule has 9 heteroatoms. The number of carboxylic acids is 1. The van der Waals surface area contributed by atoms with Gasteiger partial charge in [-0.1, -0.05) is 0 Å². The zero-order chi connectivity index (χ0) is 18.6. The molecule has 0 spiro atoms. The highest BCUT2D eigenvalue weighted by Gasteiger charge is 2.30. The molecule has 0 fully saturated rings. The lowest BCUT2D eigenvalue weighted by Gasteiger charge is -2.15. The number of hydrogen-bond acceptors (Lipinski definition) is 7. The Balaban J connectivity index is 2.32. The highest BCUT2D eigenvalue weighted by molar-refractivity contribution is 6.22. The third kappa shape index (κ3) is 2.12. The van der Waals surface area contributed by atoms with E-state index in [-0.39, 0.29) is 46.4 Å². The van der Waals surface area contributed by atoms with Crippen molar-refractivity contribution in [3.8, 4) is 23.0 Å². The number of quaternary nitrogens is 1. The van der Waals surface area contributed by atoms with Gasteiger partial charge in [-0.3, -0.25) is 0 Å². The number of methoxy groups -OCH3 is 1. The summed E-state index contributed by atoms with van der Waals surface area (Å²) in [6.45, 7) is -0.0940. The predicted molar refractivity (Wildman–Crippen MR) is 86.9 cm³/mol. The molecule has 1 aliphatic rings. The van der Waals surface area contributed by atoms with Crippen molar-refractivity contribution in [2.45, 2.75) is 0 Å². The monoisotopic (exact) mass is 360 g/mol. The summed E-state index contributed by atoms with van der Waals surface area (Å²) in [6.07, 6.45) is 0. The van der Waals surface area contributed by atoms with Gasteiger partial charge >= 0.3 is 5.97 Å². The van der Waals surface area contributed by atoms with E-state index in [1.807, 2.05) is 0 Å². The molecule has 0 bridgehead atoms. The molecule has 1 aliphatic heterocycles. The number of hydrogen-bond donors (Lipinski definition) is 5. The molecule has 3 aromatic rings. The van der Waals surface area contributed by atoms with Crippen LogP contribution in [0, 0.1) is 0 Å². The lowest BCUT2D eigenvalue weighted by molar-refractivity contribution is -1.19. The lowest BCUT2D eigenvalue weighted by atomic mass is 9.94. The van der Waals surface area contributed by atoms with Gasteiger partial charge in [0.15, 0.2) is 23.0 Å². The highest BCUT2D eigenvalue weighted by atomic mass is 16.8. The zero-order valence-corrected chi connectivity index (χ0v) is 13.4. The molecular formula is C17H14NO8+. The third-order valence-corrected chi connectivity index (χ3v) is 4.34. The summed E-state index contributed by atoms with van der Waals surface area (Å²) in [4.78, 5) is 11.8. The zero-order valence-electron chi connectivity index (χ0n) is 13.4. The Morgan fingerprint density at radius 1 is 1.15 bits per heavy atom. The number of fused-ring (bicyclic) bond motifs is 5. The largest absolute Gasteiger partial charge is 0.504 e. The molecule has 0 radical (unpaired) electrons. The van der Waals surface area contributed by atoms with Crippen molar-refractivity contribution in [2.75, 3.05) is 13.9 Å². The van der Waals surface area contributed by atoms with E-state index in [1.165, 1.54) is 25.3 Å². The lowest BCUT2D eigenvalue weighted by Crippen LogP contribution is -3.02. The maximum Gasteiger partial charge on any atom is 0.336 e. The normalized spacial score (nSPS) is 12.9. The van der Waals surface area contributed by atoms with Crippen molar-refractivity contribution in [2.24, 2.45) is 0 Å². The predicted octanol–water partition coefficient (Wildman–Crippen LogP) is 1.43. The van der Waals surface area contributed by atoms with E-state index in [9.17, 15) is 25.4 Å². The summed E-state index contributed by atoms with van der Waals surface area (Å²) < 4.78 is 16.1. The minimum atomic E-state index is -1.26. The second-order valence-corrected chi connectivity index (χ2v) is 5.67. The molecule has 0 unspecified atom stereocenters. The molecule has 5 N–H and O–H groups in total. The van der Waals surface area contributed by atoms with Crippen LogP contribution in [0.1, 0.15) is 10.4 Å². The average Bonchev–Trinajstić information content (AvgIpc) is 3.07. The number of aromatic hydroxyl groups is 1. The first kappa shape index (κ1) is 16.2. The minimum absolute atomic E-state index is 0.0852. The van der Waals surface area contributed by atoms with Gasteiger partial charge in [0.25, 0.3) is 0 Å². The average molecular weight is 360 g/mol. The van der Waals surface area contributed by atoms with E-state index in [1.54, 1.807) is 6.07 Å². The molecule has 4 rings (SSSR count). The summed E-state index contributed by atoms with van der Waals surface area (Å²) in [5.41, 5.74) is -0.305. The summed E-state index contributed by atoms with van der Waals surface area (Å²) in [7, 11) is 1.36. The molecule has 9 nitrogen and oxygen atoms in total. The number of carbonyl (C=O) groups is 1. The van der Waals surface area contributed by atoms with Gasteiger partial charge in [-0.25, -0.2) is 4.79 Å². The van der Waals surface area contributed by atoms with Gasteiger partial charge in [-0.15, -0.1) is 0 Å². The van der Waals surface area contributed by atoms with Gasteiger partial charge in [0, 0.05) is 16.8 Å². The third-order valence-electron chi connectivity index (χ3n) is 4.34. The molecule has 0 saturated heterocycles. The van der Waals surface area contributed by atoms with Crippen molar-refractivity contribution in [3.05, 3.63) is 29.8 Å². The van der Waals surface area contributed by atoms with Gasteiger partial charge in [0.05, 0.1) is 18.1 Å². The maximum atomic E-state index is 11.8. The van der Waals surface area contributed by atoms with Crippen LogP contribution in [0.2, 0.25) is 0 Å². The second kappa shape index (κ2) is 5.63. The van der Waals surface area contributed by atoms with Gasteiger partial charge in [-0.05, 0) is 28.8 Å². The summed E-state index contributed by atoms with van der Waals surface area (Å²) in [6, 6.07) is 5.60. The number of aromatic carboxylic acids is 1. The number of ether oxygens (including phenoxy) is 3. The number of nitrogens with one attached hydrogen (secondary N) is 1. The summed E-state index contributed by atoms with van der Waals surface area (Å²) >= 11 is 0. The fraction of sp³-hybridized carbons (Fsp3) is 0.118. The first-order valence-electron chi connectivity index (χ1n) is 7.51. The fourth-order valence-electron chi connectivity index (χ4n) is 3.30. The summed E-state index contributed by atoms with van der Waals surface area (Å²) in [5.74, 6) is -0.782. The molecule has 3 aromatic carbocycles. The van der Waals surface area contributed by atoms with Gasteiger partial charge in [0.1, 0.15) is 0 Å². The molecule has 26 heavy (non-hydrogen) atoms. The van der Waals surface area contributed by atoms with Crippen molar-refractivity contribution in [1.29, 1.82) is 0 Å². The molecule has 0 aliphatic carbocycles. The standard InChI is InChI=1S/C17H13NO8/c1-24-15-8-4-10(18(22)23)13-9(17(20)21)5-12-16(26-6-25-12)14(13)7(8)2-3-11(15)19/h2-5,19,22-23H,6H2,1H3,(H,20,21)/p+1. The number of carboxylic acid groups (broad SMARTS) is 1. The van der Waals surface area contributed by atoms with Gasteiger partial charge in [0.2, 0.25) is 12.5 Å². The molecule has 0 aromatic heterocycles. The molecule has 1 heterocycles. The van der Waals surface area contributed by atoms with Crippen LogP contribution in [-0.2, 0) is 0 Å². The van der Waals surface area contributed by atoms with Gasteiger partial charge in [-0.2, -0.15) is 10.4 Å². The van der Waals surface area contributed by atoms with Crippen LogP contribution in [-0.4, -0.2) is 40.5 Å². The quantitative estimate of drug-likeness (QED) is 0.350. The smallest absolute Gasteiger partial charge is 0.336 e. The SMILES string of the molecule is COc1c(O)ccc2c1cc([NH+](O)O)c1c(C(=O)O)cc3c(c12)OCO3. The Kier molecular flexibility index (Phi) is 3.51. The highest BCUT2D eigenvalue weighted by Crippen LogP contribution is 2.48. The first-order valence-corrected chi connectivity index (χ1v) is 7.51. The van der Waals surface area contributed by atoms with Crippen molar-refractivity contribution in [3.63, 3.8) is 0 Å². The van der Waals surface area contributed by atoms with Crippen LogP contribution in [0.4, 0.5) is 5.69 Å². The van der Waals surface area contributed by atoms with E-state index in [2.05, 4.69) is 0 Å². The Hall–Kier alpha value is -3.27. The van der Waals surface area contributed by atoms with Crippen LogP contribution in [0.25, 0.3) is 21.5 Å². The number of rotatable bonds is 3. The number of benzene rings is 3. The Morgan fingerprint density at radius 2 is 1.92 bits per heavy atom. The van der Waals surface area contributed by atoms with Crippen LogP contribution in [0.5, 0.6) is 23.0 Å². The minimum Gasteiger partial charge on any atom is -0.504 e. The van der Waals surface area contributed by atoms with Crippen molar-refractivity contribution >= 4 is 33.2 Å².